The van der Waals surface area contributed by atoms with Gasteiger partial charge >= 0.3 is 0 Å². The van der Waals surface area contributed by atoms with E-state index in [9.17, 15) is 0 Å². The predicted molar refractivity (Wildman–Crippen MR) is 47.6 cm³/mol. The maximum absolute atomic E-state index is 5.27. The van der Waals surface area contributed by atoms with E-state index in [0.29, 0.717) is 0 Å². The topological polar surface area (TPSA) is 24.9 Å². The third kappa shape index (κ3) is 1.19. The van der Waals surface area contributed by atoms with E-state index in [1.165, 1.54) is 11.3 Å². The first kappa shape index (κ1) is 7.33. The highest BCUT2D eigenvalue weighted by molar-refractivity contribution is 5.36. The number of nitrogens with one attached hydrogen (secondary N) is 1. The lowest BCUT2D eigenvalue weighted by Gasteiger charge is -2.15. The summed E-state index contributed by atoms with van der Waals surface area (Å²) in [7, 11) is 0. The number of hydrogen-bond donors (Lipinski definition) is 1. The molecule has 0 bridgehead atoms. The summed E-state index contributed by atoms with van der Waals surface area (Å²) in [6.45, 7) is 1.92. The van der Waals surface area contributed by atoms with Crippen LogP contribution in [0, 0.1) is 12.3 Å². The molecular formula is C10H10N2. The first-order valence-electron chi connectivity index (χ1n) is 4.05. The number of nitrogens with zero attached hydrogens (tertiary/aromatic N) is 1. The average Bonchev–Trinajstić information content (AvgIpc) is 2.17. The zero-order chi connectivity index (χ0) is 8.39. The van der Waals surface area contributed by atoms with Gasteiger partial charge in [0.2, 0.25) is 0 Å². The van der Waals surface area contributed by atoms with Gasteiger partial charge in [-0.2, -0.15) is 0 Å². The quantitative estimate of drug-likeness (QED) is 0.562. The average molecular weight is 158 g/mol. The predicted octanol–water partition coefficient (Wildman–Crippen LogP) is 0.709. The van der Waals surface area contributed by atoms with Crippen LogP contribution >= 0.6 is 0 Å². The van der Waals surface area contributed by atoms with Crippen molar-refractivity contribution in [3.05, 3.63) is 29.1 Å². The van der Waals surface area contributed by atoms with Gasteiger partial charge in [-0.25, -0.2) is 0 Å². The van der Waals surface area contributed by atoms with Crippen LogP contribution in [-0.2, 0) is 13.0 Å². The lowest BCUT2D eigenvalue weighted by molar-refractivity contribution is 0.630. The minimum atomic E-state index is 0.873. The second-order valence-corrected chi connectivity index (χ2v) is 2.90. The van der Waals surface area contributed by atoms with Gasteiger partial charge in [0.25, 0.3) is 0 Å². The monoisotopic (exact) mass is 158 g/mol. The Morgan fingerprint density at radius 3 is 3.33 bits per heavy atom. The van der Waals surface area contributed by atoms with Crippen molar-refractivity contribution < 1.29 is 0 Å². The highest BCUT2D eigenvalue weighted by atomic mass is 14.9. The van der Waals surface area contributed by atoms with Crippen LogP contribution in [0.5, 0.6) is 0 Å². The van der Waals surface area contributed by atoms with Crippen LogP contribution in [0.4, 0.5) is 0 Å². The lowest BCUT2D eigenvalue weighted by Crippen LogP contribution is -2.24. The number of terminal acetylenes is 1. The fourth-order valence-electron chi connectivity index (χ4n) is 1.43. The third-order valence-electron chi connectivity index (χ3n) is 2.08. The Labute approximate surface area is 72.0 Å². The van der Waals surface area contributed by atoms with Crippen molar-refractivity contribution in [3.8, 4) is 12.3 Å². The molecule has 12 heavy (non-hydrogen) atoms. The molecule has 2 rings (SSSR count). The van der Waals surface area contributed by atoms with Gasteiger partial charge in [0, 0.05) is 37.0 Å². The Kier molecular flexibility index (Phi) is 1.81. The molecule has 0 atom stereocenters. The number of pyridine rings is 1. The number of hydrogen-bond acceptors (Lipinski definition) is 2. The molecule has 0 saturated heterocycles. The van der Waals surface area contributed by atoms with Crippen LogP contribution < -0.4 is 5.32 Å². The number of rotatable bonds is 0. The Morgan fingerprint density at radius 2 is 2.50 bits per heavy atom. The van der Waals surface area contributed by atoms with Crippen molar-refractivity contribution in [3.63, 3.8) is 0 Å². The molecule has 1 N–H and O–H groups in total. The van der Waals surface area contributed by atoms with Gasteiger partial charge in [-0.3, -0.25) is 4.98 Å². The molecule has 2 nitrogen and oxygen atoms in total. The summed E-state index contributed by atoms with van der Waals surface area (Å²) >= 11 is 0. The first-order chi connectivity index (χ1) is 5.90. The standard InChI is InChI=1S/C10H10N2/c1-2-8-5-9-7-11-4-3-10(9)12-6-8/h1,5-6,11H,3-4,7H2. The molecule has 2 heteroatoms. The summed E-state index contributed by atoms with van der Waals surface area (Å²) in [5.74, 6) is 2.59. The fraction of sp³-hybridized carbons (Fsp3) is 0.300. The van der Waals surface area contributed by atoms with Gasteiger partial charge in [0.05, 0.1) is 0 Å². The molecule has 0 amide bonds. The molecule has 0 fully saturated rings. The number of fused-ring (bicyclic) bond motifs is 1. The van der Waals surface area contributed by atoms with Gasteiger partial charge in [0.15, 0.2) is 0 Å². The van der Waals surface area contributed by atoms with Crippen LogP contribution in [0.15, 0.2) is 12.3 Å². The zero-order valence-electron chi connectivity index (χ0n) is 6.80. The summed E-state index contributed by atoms with van der Waals surface area (Å²) in [6.07, 6.45) is 8.05. The summed E-state index contributed by atoms with van der Waals surface area (Å²) < 4.78 is 0. The second kappa shape index (κ2) is 2.96. The molecule has 0 radical (unpaired) electrons. The molecule has 60 valence electrons. The Morgan fingerprint density at radius 1 is 1.58 bits per heavy atom. The van der Waals surface area contributed by atoms with Crippen molar-refractivity contribution >= 4 is 0 Å². The molecule has 0 aromatic carbocycles. The van der Waals surface area contributed by atoms with Crippen LogP contribution in [0.2, 0.25) is 0 Å². The Bertz CT molecular complexity index is 336. The van der Waals surface area contributed by atoms with E-state index in [2.05, 4.69) is 16.2 Å². The Hall–Kier alpha value is -1.33. The minimum Gasteiger partial charge on any atom is -0.312 e. The van der Waals surface area contributed by atoms with Gasteiger partial charge in [-0.15, -0.1) is 6.42 Å². The molecule has 0 unspecified atom stereocenters. The molecule has 0 aliphatic carbocycles. The van der Waals surface area contributed by atoms with Gasteiger partial charge < -0.3 is 5.32 Å². The van der Waals surface area contributed by atoms with E-state index in [-0.39, 0.29) is 0 Å². The van der Waals surface area contributed by atoms with E-state index < -0.39 is 0 Å². The summed E-state index contributed by atoms with van der Waals surface area (Å²) in [5, 5.41) is 3.28. The molecule has 1 aromatic heterocycles. The molecule has 2 heterocycles. The molecule has 0 spiro atoms. The van der Waals surface area contributed by atoms with Crippen LogP contribution in [0.3, 0.4) is 0 Å². The van der Waals surface area contributed by atoms with Gasteiger partial charge in [-0.05, 0) is 11.6 Å². The second-order valence-electron chi connectivity index (χ2n) is 2.90. The van der Waals surface area contributed by atoms with Gasteiger partial charge in [-0.1, -0.05) is 5.92 Å². The van der Waals surface area contributed by atoms with E-state index >= 15 is 0 Å². The number of aromatic nitrogens is 1. The van der Waals surface area contributed by atoms with E-state index in [1.807, 2.05) is 6.07 Å². The van der Waals surface area contributed by atoms with Crippen molar-refractivity contribution in [1.29, 1.82) is 0 Å². The Balaban J connectivity index is 2.44. The minimum absolute atomic E-state index is 0.873. The molecular weight excluding hydrogens is 148 g/mol. The van der Waals surface area contributed by atoms with Crippen molar-refractivity contribution in [2.24, 2.45) is 0 Å². The summed E-state index contributed by atoms with van der Waals surface area (Å²) in [4.78, 5) is 4.31. The highest BCUT2D eigenvalue weighted by Gasteiger charge is 2.08. The lowest BCUT2D eigenvalue weighted by atomic mass is 10.1. The van der Waals surface area contributed by atoms with Crippen LogP contribution in [0.1, 0.15) is 16.8 Å². The third-order valence-corrected chi connectivity index (χ3v) is 2.08. The largest absolute Gasteiger partial charge is 0.312 e. The smallest absolute Gasteiger partial charge is 0.0462 e. The van der Waals surface area contributed by atoms with E-state index in [0.717, 1.165) is 25.1 Å². The molecule has 1 aromatic rings. The van der Waals surface area contributed by atoms with Gasteiger partial charge in [0.1, 0.15) is 0 Å². The fourth-order valence-corrected chi connectivity index (χ4v) is 1.43. The van der Waals surface area contributed by atoms with Crippen LogP contribution in [-0.4, -0.2) is 11.5 Å². The zero-order valence-corrected chi connectivity index (χ0v) is 6.80. The van der Waals surface area contributed by atoms with Crippen molar-refractivity contribution in [2.75, 3.05) is 6.54 Å². The molecule has 1 aliphatic rings. The SMILES string of the molecule is C#Cc1cnc2c(c1)CNCC2. The van der Waals surface area contributed by atoms with E-state index in [4.69, 9.17) is 6.42 Å². The molecule has 0 saturated carbocycles. The molecule has 1 aliphatic heterocycles. The maximum Gasteiger partial charge on any atom is 0.0462 e. The van der Waals surface area contributed by atoms with Crippen molar-refractivity contribution in [1.82, 2.24) is 10.3 Å². The maximum atomic E-state index is 5.27. The normalized spacial score (nSPS) is 14.9. The van der Waals surface area contributed by atoms with Crippen LogP contribution in [0.25, 0.3) is 0 Å². The van der Waals surface area contributed by atoms with E-state index in [1.54, 1.807) is 6.20 Å². The summed E-state index contributed by atoms with van der Waals surface area (Å²) in [6, 6.07) is 2.04. The highest BCUT2D eigenvalue weighted by Crippen LogP contribution is 2.11. The summed E-state index contributed by atoms with van der Waals surface area (Å²) in [5.41, 5.74) is 3.31. The van der Waals surface area contributed by atoms with Crippen molar-refractivity contribution in [2.45, 2.75) is 13.0 Å². The first-order valence-corrected chi connectivity index (χ1v) is 4.05.